The summed E-state index contributed by atoms with van der Waals surface area (Å²) < 4.78 is 4.89. The Labute approximate surface area is 121 Å². The molecule has 1 aromatic carbocycles. The Hall–Kier alpha value is -1.57. The number of methoxy groups -OCH3 is 1. The lowest BCUT2D eigenvalue weighted by atomic mass is 10.2. The summed E-state index contributed by atoms with van der Waals surface area (Å²) in [5.74, 6) is 0.111. The molecule has 108 valence electrons. The number of amides is 2. The highest BCUT2D eigenvalue weighted by Gasteiger charge is 2.17. The number of hydrogen-bond donors (Lipinski definition) is 3. The SMILES string of the molecule is COCCC(N)C(=O)Nc1ccc2c(c1)NC(=O)CS2. The first-order valence-corrected chi connectivity index (χ1v) is 7.21. The molecule has 1 aromatic rings. The molecule has 0 saturated carbocycles. The van der Waals surface area contributed by atoms with E-state index in [-0.39, 0.29) is 11.8 Å². The van der Waals surface area contributed by atoms with Crippen molar-refractivity contribution in [2.24, 2.45) is 5.73 Å². The normalized spacial score (nSPS) is 15.2. The van der Waals surface area contributed by atoms with Crippen LogP contribution in [0.1, 0.15) is 6.42 Å². The smallest absolute Gasteiger partial charge is 0.241 e. The average Bonchev–Trinajstić information content (AvgIpc) is 2.44. The number of fused-ring (bicyclic) bond motifs is 1. The summed E-state index contributed by atoms with van der Waals surface area (Å²) in [5.41, 5.74) is 7.08. The van der Waals surface area contributed by atoms with E-state index in [9.17, 15) is 9.59 Å². The molecule has 4 N–H and O–H groups in total. The second-order valence-electron chi connectivity index (χ2n) is 4.43. The van der Waals surface area contributed by atoms with Crippen molar-refractivity contribution >= 4 is 35.0 Å². The molecule has 1 atom stereocenters. The number of nitrogens with two attached hydrogens (primary N) is 1. The van der Waals surface area contributed by atoms with Crippen molar-refractivity contribution in [1.82, 2.24) is 0 Å². The number of carbonyl (C=O) groups excluding carboxylic acids is 2. The molecular formula is C13H17N3O3S. The molecule has 0 aromatic heterocycles. The highest BCUT2D eigenvalue weighted by Crippen LogP contribution is 2.33. The van der Waals surface area contributed by atoms with Gasteiger partial charge in [-0.3, -0.25) is 9.59 Å². The van der Waals surface area contributed by atoms with Crippen molar-refractivity contribution in [3.05, 3.63) is 18.2 Å². The van der Waals surface area contributed by atoms with E-state index in [1.165, 1.54) is 11.8 Å². The van der Waals surface area contributed by atoms with E-state index in [4.69, 9.17) is 10.5 Å². The zero-order valence-electron chi connectivity index (χ0n) is 11.1. The minimum atomic E-state index is -0.616. The van der Waals surface area contributed by atoms with Crippen LogP contribution in [-0.4, -0.2) is 37.3 Å². The fourth-order valence-corrected chi connectivity index (χ4v) is 2.56. The molecule has 0 aliphatic carbocycles. The van der Waals surface area contributed by atoms with Crippen molar-refractivity contribution in [3.8, 4) is 0 Å². The molecule has 0 spiro atoms. The van der Waals surface area contributed by atoms with Gasteiger partial charge in [-0.1, -0.05) is 0 Å². The molecule has 2 amide bonds. The Bertz CT molecular complexity index is 522. The van der Waals surface area contributed by atoms with Gasteiger partial charge in [0.1, 0.15) is 0 Å². The van der Waals surface area contributed by atoms with Gasteiger partial charge in [-0.15, -0.1) is 11.8 Å². The molecule has 6 nitrogen and oxygen atoms in total. The van der Waals surface area contributed by atoms with Crippen molar-refractivity contribution in [3.63, 3.8) is 0 Å². The number of anilines is 2. The Morgan fingerprint density at radius 3 is 3.15 bits per heavy atom. The Morgan fingerprint density at radius 2 is 2.40 bits per heavy atom. The quantitative estimate of drug-likeness (QED) is 0.754. The standard InChI is InChI=1S/C13H17N3O3S/c1-19-5-4-9(14)13(18)15-8-2-3-11-10(6-8)16-12(17)7-20-11/h2-3,6,9H,4-5,7,14H2,1H3,(H,15,18)(H,16,17). The summed E-state index contributed by atoms with van der Waals surface area (Å²) in [5, 5.41) is 5.51. The summed E-state index contributed by atoms with van der Waals surface area (Å²) in [6.45, 7) is 0.436. The van der Waals surface area contributed by atoms with Crippen LogP contribution in [0.5, 0.6) is 0 Å². The number of hydrogen-bond acceptors (Lipinski definition) is 5. The van der Waals surface area contributed by atoms with Crippen molar-refractivity contribution in [2.75, 3.05) is 30.1 Å². The highest BCUT2D eigenvalue weighted by molar-refractivity contribution is 8.00. The largest absolute Gasteiger partial charge is 0.385 e. The number of thioether (sulfide) groups is 1. The van der Waals surface area contributed by atoms with Crippen LogP contribution in [0.2, 0.25) is 0 Å². The molecule has 1 heterocycles. The third-order valence-corrected chi connectivity index (χ3v) is 3.92. The molecule has 20 heavy (non-hydrogen) atoms. The van der Waals surface area contributed by atoms with Crippen LogP contribution in [0.4, 0.5) is 11.4 Å². The molecule has 0 fully saturated rings. The predicted octanol–water partition coefficient (Wildman–Crippen LogP) is 1.03. The topological polar surface area (TPSA) is 93.4 Å². The fraction of sp³-hybridized carbons (Fsp3) is 0.385. The van der Waals surface area contributed by atoms with Gasteiger partial charge in [0.25, 0.3) is 0 Å². The third kappa shape index (κ3) is 3.72. The van der Waals surface area contributed by atoms with Crippen LogP contribution >= 0.6 is 11.8 Å². The maximum absolute atomic E-state index is 11.9. The van der Waals surface area contributed by atoms with Gasteiger partial charge in [-0.2, -0.15) is 0 Å². The average molecular weight is 295 g/mol. The molecule has 0 saturated heterocycles. The first-order valence-electron chi connectivity index (χ1n) is 6.22. The van der Waals surface area contributed by atoms with Crippen LogP contribution in [0.3, 0.4) is 0 Å². The van der Waals surface area contributed by atoms with Gasteiger partial charge >= 0.3 is 0 Å². The molecule has 1 aliphatic rings. The number of benzene rings is 1. The van der Waals surface area contributed by atoms with E-state index in [2.05, 4.69) is 10.6 Å². The van der Waals surface area contributed by atoms with Crippen LogP contribution in [0.25, 0.3) is 0 Å². The molecule has 7 heteroatoms. The molecule has 1 unspecified atom stereocenters. The molecule has 1 aliphatic heterocycles. The molecule has 0 radical (unpaired) electrons. The Kier molecular flexibility index (Phi) is 4.99. The van der Waals surface area contributed by atoms with Crippen LogP contribution < -0.4 is 16.4 Å². The van der Waals surface area contributed by atoms with Gasteiger partial charge in [-0.25, -0.2) is 0 Å². The van der Waals surface area contributed by atoms with Crippen LogP contribution in [0.15, 0.2) is 23.1 Å². The first-order chi connectivity index (χ1) is 9.60. The van der Waals surface area contributed by atoms with Gasteiger partial charge in [0.2, 0.25) is 11.8 Å². The maximum atomic E-state index is 11.9. The van der Waals surface area contributed by atoms with E-state index in [0.717, 1.165) is 10.6 Å². The first kappa shape index (κ1) is 14.8. The number of nitrogens with one attached hydrogen (secondary N) is 2. The highest BCUT2D eigenvalue weighted by atomic mass is 32.2. The van der Waals surface area contributed by atoms with Gasteiger partial charge in [0, 0.05) is 24.3 Å². The Balaban J connectivity index is 2.01. The zero-order chi connectivity index (χ0) is 14.5. The van der Waals surface area contributed by atoms with Gasteiger partial charge in [-0.05, 0) is 24.6 Å². The lowest BCUT2D eigenvalue weighted by molar-refractivity contribution is -0.117. The van der Waals surface area contributed by atoms with Crippen molar-refractivity contribution < 1.29 is 14.3 Å². The third-order valence-electron chi connectivity index (χ3n) is 2.85. The predicted molar refractivity (Wildman–Crippen MR) is 78.9 cm³/mol. The number of rotatable bonds is 5. The second kappa shape index (κ2) is 6.74. The summed E-state index contributed by atoms with van der Waals surface area (Å²) in [6, 6.07) is 4.79. The summed E-state index contributed by atoms with van der Waals surface area (Å²) in [4.78, 5) is 24.2. The van der Waals surface area contributed by atoms with E-state index in [0.29, 0.717) is 24.5 Å². The fourth-order valence-electron chi connectivity index (χ4n) is 1.77. The van der Waals surface area contributed by atoms with Gasteiger partial charge in [0.05, 0.1) is 17.5 Å². The Morgan fingerprint density at radius 1 is 1.60 bits per heavy atom. The lowest BCUT2D eigenvalue weighted by Gasteiger charge is -2.18. The number of carbonyl (C=O) groups is 2. The monoisotopic (exact) mass is 295 g/mol. The van der Waals surface area contributed by atoms with E-state index in [1.54, 1.807) is 19.2 Å². The van der Waals surface area contributed by atoms with Crippen molar-refractivity contribution in [1.29, 1.82) is 0 Å². The van der Waals surface area contributed by atoms with E-state index >= 15 is 0 Å². The summed E-state index contributed by atoms with van der Waals surface area (Å²) >= 11 is 1.48. The van der Waals surface area contributed by atoms with Crippen LogP contribution in [-0.2, 0) is 14.3 Å². The second-order valence-corrected chi connectivity index (χ2v) is 5.44. The van der Waals surface area contributed by atoms with E-state index < -0.39 is 6.04 Å². The maximum Gasteiger partial charge on any atom is 0.241 e. The minimum Gasteiger partial charge on any atom is -0.385 e. The lowest BCUT2D eigenvalue weighted by Crippen LogP contribution is -2.36. The van der Waals surface area contributed by atoms with E-state index in [1.807, 2.05) is 6.07 Å². The molecule has 0 bridgehead atoms. The summed E-state index contributed by atoms with van der Waals surface area (Å²) in [7, 11) is 1.56. The molecule has 2 rings (SSSR count). The molecular weight excluding hydrogens is 278 g/mol. The van der Waals surface area contributed by atoms with Gasteiger partial charge in [0.15, 0.2) is 0 Å². The minimum absolute atomic E-state index is 0.0391. The summed E-state index contributed by atoms with van der Waals surface area (Å²) in [6.07, 6.45) is 0.458. The van der Waals surface area contributed by atoms with Gasteiger partial charge < -0.3 is 21.1 Å². The van der Waals surface area contributed by atoms with Crippen molar-refractivity contribution in [2.45, 2.75) is 17.4 Å². The number of ether oxygens (including phenoxy) is 1. The van der Waals surface area contributed by atoms with Crippen LogP contribution in [0, 0.1) is 0 Å². The zero-order valence-corrected chi connectivity index (χ0v) is 12.0.